The van der Waals surface area contributed by atoms with E-state index in [9.17, 15) is 9.18 Å². The van der Waals surface area contributed by atoms with Crippen LogP contribution in [0.4, 0.5) is 4.39 Å². The molecule has 0 aromatic heterocycles. The van der Waals surface area contributed by atoms with Crippen molar-refractivity contribution in [2.24, 2.45) is 0 Å². The summed E-state index contributed by atoms with van der Waals surface area (Å²) in [5.41, 5.74) is 0.965. The van der Waals surface area contributed by atoms with E-state index in [2.05, 4.69) is 0 Å². The fraction of sp³-hybridized carbons (Fsp3) is 0.300. The molecular weight excluding hydrogens is 207 g/mol. The minimum absolute atomic E-state index is 0.301. The summed E-state index contributed by atoms with van der Waals surface area (Å²) in [7, 11) is 0. The monoisotopic (exact) mass is 216 g/mol. The Hall–Kier alpha value is -1.09. The maximum atomic E-state index is 12.2. The van der Waals surface area contributed by atoms with E-state index in [1.807, 2.05) is 0 Å². The fourth-order valence-corrected chi connectivity index (χ4v) is 1.50. The molecular formula is C10H10ClFO2. The highest BCUT2D eigenvalue weighted by atomic mass is 35.5. The molecule has 1 unspecified atom stereocenters. The smallest absolute Gasteiger partial charge is 0.310 e. The SMILES string of the molecule is CC(C(=O)O)c1ccc(CF)cc1Cl. The number of rotatable bonds is 3. The summed E-state index contributed by atoms with van der Waals surface area (Å²) < 4.78 is 12.2. The van der Waals surface area contributed by atoms with Gasteiger partial charge in [-0.25, -0.2) is 4.39 Å². The van der Waals surface area contributed by atoms with Gasteiger partial charge in [-0.05, 0) is 24.1 Å². The first-order valence-electron chi connectivity index (χ1n) is 4.13. The molecule has 0 amide bonds. The Labute approximate surface area is 86.3 Å². The van der Waals surface area contributed by atoms with E-state index < -0.39 is 18.6 Å². The second kappa shape index (κ2) is 4.42. The molecule has 0 radical (unpaired) electrons. The van der Waals surface area contributed by atoms with Crippen LogP contribution in [0.1, 0.15) is 24.0 Å². The van der Waals surface area contributed by atoms with Crippen molar-refractivity contribution in [3.05, 3.63) is 34.3 Å². The molecule has 0 saturated carbocycles. The van der Waals surface area contributed by atoms with E-state index in [4.69, 9.17) is 16.7 Å². The summed E-state index contributed by atoms with van der Waals surface area (Å²) in [4.78, 5) is 10.7. The van der Waals surface area contributed by atoms with Crippen molar-refractivity contribution < 1.29 is 14.3 Å². The van der Waals surface area contributed by atoms with Gasteiger partial charge in [0.05, 0.1) is 5.92 Å². The Bertz CT molecular complexity index is 352. The van der Waals surface area contributed by atoms with Crippen molar-refractivity contribution in [3.63, 3.8) is 0 Å². The van der Waals surface area contributed by atoms with Gasteiger partial charge in [-0.2, -0.15) is 0 Å². The lowest BCUT2D eigenvalue weighted by molar-refractivity contribution is -0.138. The van der Waals surface area contributed by atoms with Crippen LogP contribution in [0.3, 0.4) is 0 Å². The van der Waals surface area contributed by atoms with E-state index in [-0.39, 0.29) is 0 Å². The summed E-state index contributed by atoms with van der Waals surface area (Å²) in [6, 6.07) is 4.55. The molecule has 0 fully saturated rings. The summed E-state index contributed by atoms with van der Waals surface area (Å²) >= 11 is 5.82. The third-order valence-electron chi connectivity index (χ3n) is 2.06. The molecule has 1 aromatic rings. The number of benzene rings is 1. The van der Waals surface area contributed by atoms with Crippen LogP contribution >= 0.6 is 11.6 Å². The highest BCUT2D eigenvalue weighted by Crippen LogP contribution is 2.26. The molecule has 1 N–H and O–H groups in total. The van der Waals surface area contributed by atoms with Crippen LogP contribution in [-0.2, 0) is 11.5 Å². The molecule has 0 saturated heterocycles. The first-order chi connectivity index (χ1) is 6.56. The molecule has 2 nitrogen and oxygen atoms in total. The molecule has 76 valence electrons. The van der Waals surface area contributed by atoms with Crippen molar-refractivity contribution >= 4 is 17.6 Å². The van der Waals surface area contributed by atoms with E-state index in [0.29, 0.717) is 16.1 Å². The summed E-state index contributed by atoms with van der Waals surface area (Å²) in [5, 5.41) is 9.05. The minimum atomic E-state index is -0.945. The molecule has 1 aromatic carbocycles. The van der Waals surface area contributed by atoms with Crippen LogP contribution in [-0.4, -0.2) is 11.1 Å². The van der Waals surface area contributed by atoms with Gasteiger partial charge >= 0.3 is 5.97 Å². The maximum absolute atomic E-state index is 12.2. The number of alkyl halides is 1. The van der Waals surface area contributed by atoms with Crippen LogP contribution < -0.4 is 0 Å². The van der Waals surface area contributed by atoms with Gasteiger partial charge in [0.1, 0.15) is 6.67 Å². The van der Waals surface area contributed by atoms with Crippen molar-refractivity contribution in [1.29, 1.82) is 0 Å². The third-order valence-corrected chi connectivity index (χ3v) is 2.38. The zero-order valence-corrected chi connectivity index (χ0v) is 8.38. The van der Waals surface area contributed by atoms with Gasteiger partial charge in [-0.3, -0.25) is 4.79 Å². The molecule has 14 heavy (non-hydrogen) atoms. The second-order valence-electron chi connectivity index (χ2n) is 3.05. The number of hydrogen-bond acceptors (Lipinski definition) is 1. The van der Waals surface area contributed by atoms with Crippen LogP contribution in [0.15, 0.2) is 18.2 Å². The summed E-state index contributed by atoms with van der Waals surface area (Å²) in [6.07, 6.45) is 0. The normalized spacial score (nSPS) is 12.5. The average molecular weight is 217 g/mol. The van der Waals surface area contributed by atoms with Gasteiger partial charge in [0, 0.05) is 5.02 Å². The van der Waals surface area contributed by atoms with Crippen LogP contribution in [0.5, 0.6) is 0 Å². The van der Waals surface area contributed by atoms with Gasteiger partial charge in [0.25, 0.3) is 0 Å². The number of aliphatic carboxylic acids is 1. The number of carboxylic acid groups (broad SMARTS) is 1. The number of carbonyl (C=O) groups is 1. The second-order valence-corrected chi connectivity index (χ2v) is 3.46. The number of carboxylic acids is 1. The van der Waals surface area contributed by atoms with Crippen molar-refractivity contribution in [2.75, 3.05) is 0 Å². The van der Waals surface area contributed by atoms with E-state index >= 15 is 0 Å². The van der Waals surface area contributed by atoms with Gasteiger partial charge in [-0.15, -0.1) is 0 Å². The molecule has 1 rings (SSSR count). The van der Waals surface area contributed by atoms with Crippen molar-refractivity contribution in [2.45, 2.75) is 19.5 Å². The largest absolute Gasteiger partial charge is 0.481 e. The first-order valence-corrected chi connectivity index (χ1v) is 4.51. The molecule has 0 spiro atoms. The first kappa shape index (κ1) is 11.0. The number of halogens is 2. The topological polar surface area (TPSA) is 37.3 Å². The van der Waals surface area contributed by atoms with Crippen LogP contribution in [0.25, 0.3) is 0 Å². The Morgan fingerprint density at radius 2 is 2.29 bits per heavy atom. The third kappa shape index (κ3) is 2.23. The molecule has 4 heteroatoms. The minimum Gasteiger partial charge on any atom is -0.481 e. The maximum Gasteiger partial charge on any atom is 0.310 e. The van der Waals surface area contributed by atoms with E-state index in [1.165, 1.54) is 6.07 Å². The van der Waals surface area contributed by atoms with Gasteiger partial charge in [0.15, 0.2) is 0 Å². The van der Waals surface area contributed by atoms with Crippen molar-refractivity contribution in [3.8, 4) is 0 Å². The summed E-state index contributed by atoms with van der Waals surface area (Å²) in [5.74, 6) is -1.61. The molecule has 0 aliphatic rings. The Balaban J connectivity index is 3.05. The Kier molecular flexibility index (Phi) is 3.47. The zero-order chi connectivity index (χ0) is 10.7. The molecule has 0 heterocycles. The van der Waals surface area contributed by atoms with Gasteiger partial charge in [0.2, 0.25) is 0 Å². The highest BCUT2D eigenvalue weighted by Gasteiger charge is 2.16. The fourth-order valence-electron chi connectivity index (χ4n) is 1.14. The Morgan fingerprint density at radius 1 is 1.64 bits per heavy atom. The highest BCUT2D eigenvalue weighted by molar-refractivity contribution is 6.31. The molecule has 1 atom stereocenters. The average Bonchev–Trinajstić information content (AvgIpc) is 2.16. The Morgan fingerprint density at radius 3 is 2.71 bits per heavy atom. The lowest BCUT2D eigenvalue weighted by Gasteiger charge is -2.09. The summed E-state index contributed by atoms with van der Waals surface area (Å²) in [6.45, 7) is 0.945. The van der Waals surface area contributed by atoms with Crippen molar-refractivity contribution in [1.82, 2.24) is 0 Å². The van der Waals surface area contributed by atoms with Gasteiger partial charge < -0.3 is 5.11 Å². The molecule has 0 aliphatic heterocycles. The number of hydrogen-bond donors (Lipinski definition) is 1. The predicted molar refractivity (Wildman–Crippen MR) is 52.3 cm³/mol. The van der Waals surface area contributed by atoms with E-state index in [0.717, 1.165) is 0 Å². The lowest BCUT2D eigenvalue weighted by atomic mass is 10.0. The molecule has 0 bridgehead atoms. The zero-order valence-electron chi connectivity index (χ0n) is 7.63. The van der Waals surface area contributed by atoms with Crippen LogP contribution in [0, 0.1) is 0 Å². The lowest BCUT2D eigenvalue weighted by Crippen LogP contribution is -2.07. The predicted octanol–water partition coefficient (Wildman–Crippen LogP) is 3.00. The van der Waals surface area contributed by atoms with E-state index in [1.54, 1.807) is 19.1 Å². The molecule has 0 aliphatic carbocycles. The quantitative estimate of drug-likeness (QED) is 0.844. The van der Waals surface area contributed by atoms with Crippen LogP contribution in [0.2, 0.25) is 5.02 Å². The standard InChI is InChI=1S/C10H10ClFO2/c1-6(10(13)14)8-3-2-7(5-12)4-9(8)11/h2-4,6H,5H2,1H3,(H,13,14). The van der Waals surface area contributed by atoms with Gasteiger partial charge in [-0.1, -0.05) is 23.7 Å².